The molecule has 0 unspecified atom stereocenters. The van der Waals surface area contributed by atoms with E-state index in [1.54, 1.807) is 32.1 Å². The van der Waals surface area contributed by atoms with Crippen molar-refractivity contribution in [1.82, 2.24) is 10.5 Å². The number of hydrogen-bond donors (Lipinski definition) is 2. The van der Waals surface area contributed by atoms with E-state index in [2.05, 4.69) is 15.8 Å². The van der Waals surface area contributed by atoms with Crippen molar-refractivity contribution in [2.24, 2.45) is 0 Å². The Morgan fingerprint density at radius 1 is 1.21 bits per heavy atom. The van der Waals surface area contributed by atoms with E-state index < -0.39 is 0 Å². The summed E-state index contributed by atoms with van der Waals surface area (Å²) in [5.41, 5.74) is 2.70. The third-order valence-corrected chi connectivity index (χ3v) is 3.79. The second kappa shape index (κ2) is 6.70. The zero-order valence-electron chi connectivity index (χ0n) is 13.6. The standard InChI is InChI=1S/C18H19N3O3/c1-11-17(12(2)24-21-11)20-16(22)10-5-13-3-6-14(7-4-13)18(23)19-15-8-9-15/h3-7,10,15H,8-9H2,1-2H3,(H,19,23)(H,20,22)/b10-5+. The first kappa shape index (κ1) is 16.0. The summed E-state index contributed by atoms with van der Waals surface area (Å²) in [7, 11) is 0. The first-order valence-corrected chi connectivity index (χ1v) is 7.86. The molecule has 3 rings (SSSR count). The highest BCUT2D eigenvalue weighted by Crippen LogP contribution is 2.20. The molecule has 0 saturated heterocycles. The minimum atomic E-state index is -0.264. The maximum atomic E-state index is 12.0. The van der Waals surface area contributed by atoms with Crippen LogP contribution in [0.4, 0.5) is 5.69 Å². The molecule has 0 spiro atoms. The lowest BCUT2D eigenvalue weighted by molar-refractivity contribution is -0.111. The molecule has 0 atom stereocenters. The van der Waals surface area contributed by atoms with E-state index in [0.717, 1.165) is 18.4 Å². The molecule has 1 aliphatic rings. The van der Waals surface area contributed by atoms with Crippen LogP contribution in [0.25, 0.3) is 6.08 Å². The van der Waals surface area contributed by atoms with Gasteiger partial charge in [0.2, 0.25) is 5.91 Å². The van der Waals surface area contributed by atoms with Crippen LogP contribution in [0.1, 0.15) is 40.2 Å². The summed E-state index contributed by atoms with van der Waals surface area (Å²) in [6, 6.07) is 7.46. The Balaban J connectivity index is 1.59. The fraction of sp³-hybridized carbons (Fsp3) is 0.278. The van der Waals surface area contributed by atoms with Crippen LogP contribution in [0.5, 0.6) is 0 Å². The zero-order chi connectivity index (χ0) is 17.1. The SMILES string of the molecule is Cc1noc(C)c1NC(=O)/C=C/c1ccc(C(=O)NC2CC2)cc1. The summed E-state index contributed by atoms with van der Waals surface area (Å²) in [5.74, 6) is 0.254. The van der Waals surface area contributed by atoms with Gasteiger partial charge in [-0.3, -0.25) is 9.59 Å². The van der Waals surface area contributed by atoms with Crippen LogP contribution < -0.4 is 10.6 Å². The van der Waals surface area contributed by atoms with Gasteiger partial charge in [0.05, 0.1) is 0 Å². The number of rotatable bonds is 5. The number of hydrogen-bond acceptors (Lipinski definition) is 4. The fourth-order valence-electron chi connectivity index (χ4n) is 2.24. The normalized spacial score (nSPS) is 13.9. The Kier molecular flexibility index (Phi) is 4.46. The molecule has 0 aliphatic heterocycles. The molecule has 1 heterocycles. The molecule has 1 aromatic heterocycles. The van der Waals surface area contributed by atoms with Crippen molar-refractivity contribution in [3.8, 4) is 0 Å². The highest BCUT2D eigenvalue weighted by atomic mass is 16.5. The Bertz CT molecular complexity index is 767. The van der Waals surface area contributed by atoms with Crippen LogP contribution in [0.15, 0.2) is 34.9 Å². The van der Waals surface area contributed by atoms with Crippen LogP contribution in [0, 0.1) is 13.8 Å². The topological polar surface area (TPSA) is 84.2 Å². The highest BCUT2D eigenvalue weighted by Gasteiger charge is 2.23. The highest BCUT2D eigenvalue weighted by molar-refractivity contribution is 6.02. The lowest BCUT2D eigenvalue weighted by atomic mass is 10.1. The molecule has 2 N–H and O–H groups in total. The summed E-state index contributed by atoms with van der Waals surface area (Å²) >= 11 is 0. The van der Waals surface area contributed by atoms with Gasteiger partial charge in [-0.25, -0.2) is 0 Å². The smallest absolute Gasteiger partial charge is 0.251 e. The van der Waals surface area contributed by atoms with E-state index in [1.165, 1.54) is 6.08 Å². The number of aromatic nitrogens is 1. The van der Waals surface area contributed by atoms with E-state index in [-0.39, 0.29) is 11.8 Å². The summed E-state index contributed by atoms with van der Waals surface area (Å²) in [6.07, 6.45) is 5.25. The molecule has 1 saturated carbocycles. The molecule has 0 bridgehead atoms. The number of nitrogens with zero attached hydrogens (tertiary/aromatic N) is 1. The van der Waals surface area contributed by atoms with Crippen LogP contribution >= 0.6 is 0 Å². The van der Waals surface area contributed by atoms with Crippen LogP contribution in [0.2, 0.25) is 0 Å². The fourth-order valence-corrected chi connectivity index (χ4v) is 2.24. The third-order valence-electron chi connectivity index (χ3n) is 3.79. The summed E-state index contributed by atoms with van der Waals surface area (Å²) in [5, 5.41) is 9.47. The van der Waals surface area contributed by atoms with Gasteiger partial charge in [-0.05, 0) is 50.5 Å². The van der Waals surface area contributed by atoms with E-state index in [1.807, 2.05) is 12.1 Å². The van der Waals surface area contributed by atoms with Crippen LogP contribution in [-0.2, 0) is 4.79 Å². The molecule has 6 nitrogen and oxygen atoms in total. The van der Waals surface area contributed by atoms with Crippen molar-refractivity contribution in [3.63, 3.8) is 0 Å². The van der Waals surface area contributed by atoms with Crippen LogP contribution in [0.3, 0.4) is 0 Å². The number of benzene rings is 1. The molecule has 1 fully saturated rings. The van der Waals surface area contributed by atoms with Gasteiger partial charge in [-0.2, -0.15) is 0 Å². The maximum Gasteiger partial charge on any atom is 0.251 e. The molecule has 2 aromatic rings. The first-order chi connectivity index (χ1) is 11.5. The number of carbonyl (C=O) groups is 2. The van der Waals surface area contributed by atoms with E-state index in [0.29, 0.717) is 28.7 Å². The molecule has 2 amide bonds. The van der Waals surface area contributed by atoms with Crippen LogP contribution in [-0.4, -0.2) is 23.0 Å². The van der Waals surface area contributed by atoms with Gasteiger partial charge in [0.1, 0.15) is 11.4 Å². The molecule has 1 aromatic carbocycles. The molecular weight excluding hydrogens is 306 g/mol. The quantitative estimate of drug-likeness (QED) is 0.828. The van der Waals surface area contributed by atoms with Crippen molar-refractivity contribution in [3.05, 3.63) is 52.9 Å². The van der Waals surface area contributed by atoms with Gasteiger partial charge in [0.25, 0.3) is 5.91 Å². The maximum absolute atomic E-state index is 12.0. The number of anilines is 1. The first-order valence-electron chi connectivity index (χ1n) is 7.86. The average molecular weight is 325 g/mol. The molecule has 6 heteroatoms. The number of nitrogens with one attached hydrogen (secondary N) is 2. The summed E-state index contributed by atoms with van der Waals surface area (Å²) in [4.78, 5) is 23.9. The van der Waals surface area contributed by atoms with Crippen molar-refractivity contribution < 1.29 is 14.1 Å². The Hall–Kier alpha value is -2.89. The monoisotopic (exact) mass is 325 g/mol. The molecule has 1 aliphatic carbocycles. The van der Waals surface area contributed by atoms with Gasteiger partial charge in [0, 0.05) is 17.7 Å². The van der Waals surface area contributed by atoms with Gasteiger partial charge in [-0.15, -0.1) is 0 Å². The van der Waals surface area contributed by atoms with Gasteiger partial charge in [-0.1, -0.05) is 17.3 Å². The van der Waals surface area contributed by atoms with Crippen molar-refractivity contribution in [2.75, 3.05) is 5.32 Å². The molecule has 124 valence electrons. The lowest BCUT2D eigenvalue weighted by Crippen LogP contribution is -2.25. The van der Waals surface area contributed by atoms with Crippen molar-refractivity contribution in [2.45, 2.75) is 32.7 Å². The second-order valence-electron chi connectivity index (χ2n) is 5.89. The lowest BCUT2D eigenvalue weighted by Gasteiger charge is -2.03. The van der Waals surface area contributed by atoms with Gasteiger partial charge in [0.15, 0.2) is 5.76 Å². The largest absolute Gasteiger partial charge is 0.359 e. The number of carbonyl (C=O) groups excluding carboxylic acids is 2. The number of amides is 2. The minimum absolute atomic E-state index is 0.0517. The predicted octanol–water partition coefficient (Wildman–Crippen LogP) is 2.84. The minimum Gasteiger partial charge on any atom is -0.359 e. The Morgan fingerprint density at radius 3 is 2.50 bits per heavy atom. The van der Waals surface area contributed by atoms with E-state index in [9.17, 15) is 9.59 Å². The van der Waals surface area contributed by atoms with Gasteiger partial charge < -0.3 is 15.2 Å². The molecule has 0 radical (unpaired) electrons. The predicted molar refractivity (Wildman–Crippen MR) is 90.6 cm³/mol. The Morgan fingerprint density at radius 2 is 1.92 bits per heavy atom. The van der Waals surface area contributed by atoms with E-state index >= 15 is 0 Å². The van der Waals surface area contributed by atoms with Crippen molar-refractivity contribution >= 4 is 23.6 Å². The van der Waals surface area contributed by atoms with Crippen molar-refractivity contribution in [1.29, 1.82) is 0 Å². The van der Waals surface area contributed by atoms with E-state index in [4.69, 9.17) is 4.52 Å². The number of aryl methyl sites for hydroxylation is 2. The molecule has 24 heavy (non-hydrogen) atoms. The summed E-state index contributed by atoms with van der Waals surface area (Å²) < 4.78 is 5.00. The zero-order valence-corrected chi connectivity index (χ0v) is 13.6. The third kappa shape index (κ3) is 3.90. The Labute approximate surface area is 139 Å². The van der Waals surface area contributed by atoms with Gasteiger partial charge >= 0.3 is 0 Å². The second-order valence-corrected chi connectivity index (χ2v) is 5.89. The molecular formula is C18H19N3O3. The average Bonchev–Trinajstić information content (AvgIpc) is 3.34. The summed E-state index contributed by atoms with van der Waals surface area (Å²) in [6.45, 7) is 3.51.